The van der Waals surface area contributed by atoms with Gasteiger partial charge in [-0.1, -0.05) is 60.7 Å². The zero-order chi connectivity index (χ0) is 13.9. The molecule has 0 aromatic heterocycles. The molecule has 0 spiro atoms. The van der Waals surface area contributed by atoms with Gasteiger partial charge in [0.15, 0.2) is 6.04 Å². The molecule has 4 nitrogen and oxygen atoms in total. The molecule has 4 heteroatoms. The fraction of sp³-hybridized carbons (Fsp3) is 0.125. The van der Waals surface area contributed by atoms with E-state index in [0.29, 0.717) is 11.5 Å². The number of nitrogens with one attached hydrogen (secondary N) is 2. The van der Waals surface area contributed by atoms with Crippen LogP contribution in [-0.2, 0) is 0 Å². The van der Waals surface area contributed by atoms with Crippen LogP contribution in [0.3, 0.4) is 0 Å². The fourth-order valence-electron chi connectivity index (χ4n) is 2.48. The molecule has 0 bridgehead atoms. The SMILES string of the molecule is NC1=[NH+][C@H](c2ccccc2)[C@H](C(=O)c2ccccc2)N1. The zero-order valence-corrected chi connectivity index (χ0v) is 10.9. The normalized spacial score (nSPS) is 21.1. The molecule has 0 fully saturated rings. The van der Waals surface area contributed by atoms with Crippen molar-refractivity contribution in [2.45, 2.75) is 12.1 Å². The third kappa shape index (κ3) is 2.28. The van der Waals surface area contributed by atoms with E-state index in [1.807, 2.05) is 60.7 Å². The van der Waals surface area contributed by atoms with E-state index in [0.717, 1.165) is 5.56 Å². The highest BCUT2D eigenvalue weighted by molar-refractivity contribution is 6.02. The monoisotopic (exact) mass is 266 g/mol. The summed E-state index contributed by atoms with van der Waals surface area (Å²) in [7, 11) is 0. The lowest BCUT2D eigenvalue weighted by Gasteiger charge is -2.14. The van der Waals surface area contributed by atoms with Crippen molar-refractivity contribution in [2.24, 2.45) is 5.73 Å². The van der Waals surface area contributed by atoms with Crippen LogP contribution < -0.4 is 16.0 Å². The predicted octanol–water partition coefficient (Wildman–Crippen LogP) is -0.0223. The summed E-state index contributed by atoms with van der Waals surface area (Å²) in [6.45, 7) is 0. The minimum Gasteiger partial charge on any atom is -0.291 e. The first-order valence-electron chi connectivity index (χ1n) is 6.55. The van der Waals surface area contributed by atoms with E-state index in [9.17, 15) is 4.79 Å². The van der Waals surface area contributed by atoms with Gasteiger partial charge in [0.05, 0.1) is 0 Å². The smallest absolute Gasteiger partial charge is 0.291 e. The standard InChI is InChI=1S/C16H15N3O/c17-16-18-13(11-7-3-1-4-8-11)14(19-16)15(20)12-9-5-2-6-10-12/h1-10,13-14H,(H3,17,18,19)/p+1/t13-,14-/m1/s1. The van der Waals surface area contributed by atoms with Crippen LogP contribution in [0.2, 0.25) is 0 Å². The molecule has 0 saturated carbocycles. The Labute approximate surface area is 117 Å². The number of benzene rings is 2. The zero-order valence-electron chi connectivity index (χ0n) is 10.9. The molecule has 0 unspecified atom stereocenters. The van der Waals surface area contributed by atoms with Crippen molar-refractivity contribution in [1.29, 1.82) is 0 Å². The van der Waals surface area contributed by atoms with Crippen molar-refractivity contribution in [1.82, 2.24) is 5.32 Å². The van der Waals surface area contributed by atoms with Gasteiger partial charge in [-0.2, -0.15) is 0 Å². The van der Waals surface area contributed by atoms with E-state index < -0.39 is 0 Å². The second-order valence-electron chi connectivity index (χ2n) is 4.80. The summed E-state index contributed by atoms with van der Waals surface area (Å²) in [5.41, 5.74) is 7.53. The summed E-state index contributed by atoms with van der Waals surface area (Å²) >= 11 is 0. The third-order valence-corrected chi connectivity index (χ3v) is 3.45. The molecular formula is C16H16N3O+. The van der Waals surface area contributed by atoms with Gasteiger partial charge in [0.1, 0.15) is 6.04 Å². The summed E-state index contributed by atoms with van der Waals surface area (Å²) in [6.07, 6.45) is 0. The van der Waals surface area contributed by atoms with Crippen LogP contribution in [-0.4, -0.2) is 17.8 Å². The maximum absolute atomic E-state index is 12.6. The number of carbonyl (C=O) groups is 1. The number of hydrogen-bond acceptors (Lipinski definition) is 3. The number of ketones is 1. The van der Waals surface area contributed by atoms with Gasteiger partial charge in [0.25, 0.3) is 0 Å². The lowest BCUT2D eigenvalue weighted by atomic mass is 9.94. The molecule has 20 heavy (non-hydrogen) atoms. The highest BCUT2D eigenvalue weighted by atomic mass is 16.1. The Balaban J connectivity index is 1.92. The molecule has 4 N–H and O–H groups in total. The first-order valence-corrected chi connectivity index (χ1v) is 6.55. The number of guanidine groups is 1. The van der Waals surface area contributed by atoms with Crippen LogP contribution in [0.15, 0.2) is 60.7 Å². The maximum atomic E-state index is 12.6. The van der Waals surface area contributed by atoms with E-state index in [-0.39, 0.29) is 17.9 Å². The lowest BCUT2D eigenvalue weighted by molar-refractivity contribution is -0.500. The minimum atomic E-state index is -0.389. The largest absolute Gasteiger partial charge is 0.342 e. The fourth-order valence-corrected chi connectivity index (χ4v) is 2.48. The quantitative estimate of drug-likeness (QED) is 0.684. The molecule has 2 aromatic carbocycles. The molecule has 3 rings (SSSR count). The average molecular weight is 266 g/mol. The van der Waals surface area contributed by atoms with Crippen LogP contribution in [0.4, 0.5) is 0 Å². The maximum Gasteiger partial charge on any atom is 0.342 e. The van der Waals surface area contributed by atoms with E-state index in [4.69, 9.17) is 5.73 Å². The second kappa shape index (κ2) is 5.17. The Bertz CT molecular complexity index is 637. The van der Waals surface area contributed by atoms with Crippen LogP contribution in [0.1, 0.15) is 22.0 Å². The van der Waals surface area contributed by atoms with Crippen molar-refractivity contribution in [3.8, 4) is 0 Å². The van der Waals surface area contributed by atoms with Crippen molar-refractivity contribution in [2.75, 3.05) is 0 Å². The Morgan fingerprint density at radius 3 is 2.25 bits per heavy atom. The number of carbonyl (C=O) groups excluding carboxylic acids is 1. The Kier molecular flexibility index (Phi) is 3.21. The first kappa shape index (κ1) is 12.4. The van der Waals surface area contributed by atoms with Gasteiger partial charge < -0.3 is 0 Å². The molecule has 0 amide bonds. The van der Waals surface area contributed by atoms with Crippen molar-refractivity contribution in [3.05, 3.63) is 71.8 Å². The Morgan fingerprint density at radius 2 is 1.60 bits per heavy atom. The van der Waals surface area contributed by atoms with Crippen molar-refractivity contribution >= 4 is 11.7 Å². The number of Topliss-reactive ketones (excluding diaryl/α,β-unsaturated/α-hetero) is 1. The topological polar surface area (TPSA) is 69.1 Å². The van der Waals surface area contributed by atoms with E-state index >= 15 is 0 Å². The molecule has 2 aromatic rings. The summed E-state index contributed by atoms with van der Waals surface area (Å²) in [4.78, 5) is 15.7. The van der Waals surface area contributed by atoms with E-state index in [1.54, 1.807) is 0 Å². The van der Waals surface area contributed by atoms with E-state index in [1.165, 1.54) is 0 Å². The van der Waals surface area contributed by atoms with Gasteiger partial charge >= 0.3 is 5.96 Å². The van der Waals surface area contributed by atoms with Gasteiger partial charge in [0, 0.05) is 5.56 Å². The highest BCUT2D eigenvalue weighted by Gasteiger charge is 2.39. The molecule has 100 valence electrons. The van der Waals surface area contributed by atoms with Crippen LogP contribution in [0.5, 0.6) is 0 Å². The number of rotatable bonds is 3. The molecule has 2 atom stereocenters. The highest BCUT2D eigenvalue weighted by Crippen LogP contribution is 2.17. The van der Waals surface area contributed by atoms with Crippen LogP contribution >= 0.6 is 0 Å². The van der Waals surface area contributed by atoms with Gasteiger partial charge in [-0.25, -0.2) is 0 Å². The van der Waals surface area contributed by atoms with E-state index in [2.05, 4.69) is 10.3 Å². The first-order chi connectivity index (χ1) is 9.75. The van der Waals surface area contributed by atoms with Gasteiger partial charge in [-0.05, 0) is 5.56 Å². The second-order valence-corrected chi connectivity index (χ2v) is 4.80. The summed E-state index contributed by atoms with van der Waals surface area (Å²) in [6, 6.07) is 18.6. The summed E-state index contributed by atoms with van der Waals surface area (Å²) in [5.74, 6) is 0.473. The Morgan fingerprint density at radius 1 is 1.00 bits per heavy atom. The molecule has 0 radical (unpaired) electrons. The predicted molar refractivity (Wildman–Crippen MR) is 77.0 cm³/mol. The summed E-state index contributed by atoms with van der Waals surface area (Å²) in [5, 5.41) is 3.03. The molecule has 0 aliphatic carbocycles. The molecule has 0 saturated heterocycles. The Hall–Kier alpha value is -2.62. The van der Waals surface area contributed by atoms with Crippen molar-refractivity contribution in [3.63, 3.8) is 0 Å². The number of nitrogens with two attached hydrogens (primary N) is 1. The molecule has 1 aliphatic heterocycles. The molecule has 1 aliphatic rings. The average Bonchev–Trinajstić information content (AvgIpc) is 2.90. The van der Waals surface area contributed by atoms with Crippen molar-refractivity contribution < 1.29 is 9.79 Å². The van der Waals surface area contributed by atoms with Gasteiger partial charge in [0.2, 0.25) is 5.78 Å². The third-order valence-electron chi connectivity index (χ3n) is 3.45. The van der Waals surface area contributed by atoms with Gasteiger partial charge in [-0.3, -0.25) is 20.8 Å². The molecule has 1 heterocycles. The molecular weight excluding hydrogens is 250 g/mol. The lowest BCUT2D eigenvalue weighted by Crippen LogP contribution is -2.74. The van der Waals surface area contributed by atoms with Crippen LogP contribution in [0, 0.1) is 0 Å². The minimum absolute atomic E-state index is 0.0346. The van der Waals surface area contributed by atoms with Gasteiger partial charge in [-0.15, -0.1) is 0 Å². The summed E-state index contributed by atoms with van der Waals surface area (Å²) < 4.78 is 0. The van der Waals surface area contributed by atoms with Crippen LogP contribution in [0.25, 0.3) is 0 Å². The number of hydrogen-bond donors (Lipinski definition) is 3.